The lowest BCUT2D eigenvalue weighted by atomic mass is 9.71. The lowest BCUT2D eigenvalue weighted by Crippen LogP contribution is -2.50. The molecule has 4 aliphatic rings. The first-order valence-corrected chi connectivity index (χ1v) is 17.0. The molecule has 2 aromatic carbocycles. The van der Waals surface area contributed by atoms with E-state index in [1.165, 1.54) is 29.7 Å². The monoisotopic (exact) mass is 519 g/mol. The van der Waals surface area contributed by atoms with Crippen LogP contribution < -0.4 is 0 Å². The number of rotatable bonds is 2. The predicted molar refractivity (Wildman–Crippen MR) is 146 cm³/mol. The summed E-state index contributed by atoms with van der Waals surface area (Å²) in [6, 6.07) is 19.3. The topological polar surface area (TPSA) is 3.24 Å². The zero-order valence-corrected chi connectivity index (χ0v) is 23.6. The molecular formula is C30H38BrNSi. The Kier molecular flexibility index (Phi) is 5.09. The Hall–Kier alpha value is -1.32. The molecule has 2 aromatic rings. The van der Waals surface area contributed by atoms with Crippen LogP contribution in [0.2, 0.25) is 18.6 Å². The fourth-order valence-corrected chi connectivity index (χ4v) is 16.1. The maximum absolute atomic E-state index is 4.31. The molecule has 1 nitrogen and oxygen atoms in total. The Bertz CT molecular complexity index is 1090. The van der Waals surface area contributed by atoms with Gasteiger partial charge < -0.3 is 4.90 Å². The highest BCUT2D eigenvalue weighted by Crippen LogP contribution is 2.64. The van der Waals surface area contributed by atoms with Crippen molar-refractivity contribution in [3.8, 4) is 11.1 Å². The lowest BCUT2D eigenvalue weighted by Gasteiger charge is -2.48. The Balaban J connectivity index is 1.42. The lowest BCUT2D eigenvalue weighted by molar-refractivity contribution is 0.145. The SMILES string of the molecule is CC1=C(C)N(C)C2CC3C(CC(C)C3[Si](C)(C)C3c4ccccc4-c4ccccc43)C(Br)C12. The smallest absolute Gasteiger partial charge is 0.0640 e. The summed E-state index contributed by atoms with van der Waals surface area (Å²) in [7, 11) is 0.657. The third kappa shape index (κ3) is 2.94. The van der Waals surface area contributed by atoms with Gasteiger partial charge in [-0.1, -0.05) is 84.5 Å². The van der Waals surface area contributed by atoms with Gasteiger partial charge >= 0.3 is 0 Å². The number of halogens is 1. The number of benzene rings is 2. The van der Waals surface area contributed by atoms with E-state index in [0.717, 1.165) is 23.3 Å². The van der Waals surface area contributed by atoms with Crippen LogP contribution in [-0.4, -0.2) is 30.9 Å². The fourth-order valence-electron chi connectivity index (χ4n) is 9.16. The fraction of sp³-hybridized carbons (Fsp3) is 0.533. The molecule has 0 aromatic heterocycles. The van der Waals surface area contributed by atoms with E-state index >= 15 is 0 Å². The minimum atomic E-state index is -1.69. The normalized spacial score (nSPS) is 35.5. The second kappa shape index (κ2) is 7.59. The number of hydrogen-bond donors (Lipinski definition) is 0. The number of fused-ring (bicyclic) bond motifs is 5. The molecule has 33 heavy (non-hydrogen) atoms. The van der Waals surface area contributed by atoms with E-state index in [1.54, 1.807) is 16.7 Å². The van der Waals surface area contributed by atoms with Gasteiger partial charge in [-0.25, -0.2) is 0 Å². The van der Waals surface area contributed by atoms with Crippen LogP contribution in [0.25, 0.3) is 11.1 Å². The molecular weight excluding hydrogens is 482 g/mol. The van der Waals surface area contributed by atoms with Crippen LogP contribution in [0, 0.1) is 23.7 Å². The van der Waals surface area contributed by atoms with E-state index in [9.17, 15) is 0 Å². The average molecular weight is 521 g/mol. The maximum atomic E-state index is 4.31. The van der Waals surface area contributed by atoms with Gasteiger partial charge in [-0.2, -0.15) is 0 Å². The van der Waals surface area contributed by atoms with E-state index in [0.29, 0.717) is 22.3 Å². The number of allylic oxidation sites excluding steroid dienone is 1. The number of alkyl halides is 1. The van der Waals surface area contributed by atoms with Gasteiger partial charge in [-0.3, -0.25) is 0 Å². The third-order valence-corrected chi connectivity index (χ3v) is 16.6. The van der Waals surface area contributed by atoms with Crippen molar-refractivity contribution in [1.29, 1.82) is 0 Å². The molecule has 2 saturated carbocycles. The van der Waals surface area contributed by atoms with Gasteiger partial charge in [0.15, 0.2) is 0 Å². The molecule has 0 spiro atoms. The van der Waals surface area contributed by atoms with Gasteiger partial charge in [0, 0.05) is 35.1 Å². The van der Waals surface area contributed by atoms with Gasteiger partial charge in [0.2, 0.25) is 0 Å². The molecule has 1 heterocycles. The molecule has 6 rings (SSSR count). The summed E-state index contributed by atoms with van der Waals surface area (Å²) in [5.74, 6) is 3.17. The van der Waals surface area contributed by atoms with Crippen LogP contribution >= 0.6 is 15.9 Å². The summed E-state index contributed by atoms with van der Waals surface area (Å²) in [6.07, 6.45) is 2.78. The molecule has 0 amide bonds. The van der Waals surface area contributed by atoms with Crippen LogP contribution in [0.3, 0.4) is 0 Å². The summed E-state index contributed by atoms with van der Waals surface area (Å²) in [5, 5.41) is 0. The van der Waals surface area contributed by atoms with Gasteiger partial charge in [-0.05, 0) is 77.8 Å². The highest BCUT2D eigenvalue weighted by Gasteiger charge is 2.60. The second-order valence-corrected chi connectivity index (χ2v) is 18.1. The van der Waals surface area contributed by atoms with E-state index in [1.807, 2.05) is 0 Å². The van der Waals surface area contributed by atoms with Crippen LogP contribution in [-0.2, 0) is 0 Å². The van der Waals surface area contributed by atoms with Gasteiger partial charge in [0.1, 0.15) is 0 Å². The molecule has 0 saturated heterocycles. The molecule has 0 bridgehead atoms. The van der Waals surface area contributed by atoms with Crippen LogP contribution in [0.1, 0.15) is 50.3 Å². The number of nitrogens with zero attached hydrogens (tertiary/aromatic N) is 1. The van der Waals surface area contributed by atoms with Crippen molar-refractivity contribution in [1.82, 2.24) is 4.90 Å². The molecule has 7 atom stereocenters. The molecule has 0 N–H and O–H groups in total. The van der Waals surface area contributed by atoms with Gasteiger partial charge in [0.05, 0.1) is 8.07 Å². The van der Waals surface area contributed by atoms with E-state index in [-0.39, 0.29) is 0 Å². The van der Waals surface area contributed by atoms with Crippen LogP contribution in [0.4, 0.5) is 0 Å². The maximum Gasteiger partial charge on any atom is 0.0640 e. The van der Waals surface area contributed by atoms with E-state index in [2.05, 4.69) is 110 Å². The summed E-state index contributed by atoms with van der Waals surface area (Å²) < 4.78 is 0. The van der Waals surface area contributed by atoms with Crippen molar-refractivity contribution in [3.05, 3.63) is 70.9 Å². The highest BCUT2D eigenvalue weighted by molar-refractivity contribution is 9.09. The van der Waals surface area contributed by atoms with Crippen molar-refractivity contribution < 1.29 is 0 Å². The summed E-state index contributed by atoms with van der Waals surface area (Å²) in [6.45, 7) is 12.8. The first-order valence-electron chi connectivity index (χ1n) is 13.0. The van der Waals surface area contributed by atoms with Crippen molar-refractivity contribution in [3.63, 3.8) is 0 Å². The summed E-state index contributed by atoms with van der Waals surface area (Å²) in [5.41, 5.74) is 10.8. The Morgan fingerprint density at radius 2 is 1.45 bits per heavy atom. The zero-order chi connectivity index (χ0) is 23.2. The highest BCUT2D eigenvalue weighted by atomic mass is 79.9. The zero-order valence-electron chi connectivity index (χ0n) is 21.0. The molecule has 174 valence electrons. The first kappa shape index (κ1) is 22.2. The van der Waals surface area contributed by atoms with Crippen LogP contribution in [0.15, 0.2) is 59.8 Å². The van der Waals surface area contributed by atoms with Gasteiger partial charge in [0.25, 0.3) is 0 Å². The summed E-state index contributed by atoms with van der Waals surface area (Å²) in [4.78, 5) is 3.25. The van der Waals surface area contributed by atoms with Gasteiger partial charge in [-0.15, -0.1) is 0 Å². The van der Waals surface area contributed by atoms with E-state index < -0.39 is 8.07 Å². The standard InChI is InChI=1S/C30H38BrNSi/c1-17-15-24-25(16-26-27(28(24)31)18(2)19(3)32(26)4)29(17)33(5,6)30-22-13-9-7-11-20(22)21-12-8-10-14-23(21)30/h7-14,17,24-30H,15-16H2,1-6H3. The Morgan fingerprint density at radius 1 is 0.879 bits per heavy atom. The molecule has 3 heteroatoms. The minimum Gasteiger partial charge on any atom is -0.375 e. The predicted octanol–water partition coefficient (Wildman–Crippen LogP) is 8.08. The van der Waals surface area contributed by atoms with Crippen molar-refractivity contribution in [2.75, 3.05) is 7.05 Å². The molecule has 3 aliphatic carbocycles. The first-order chi connectivity index (χ1) is 15.7. The largest absolute Gasteiger partial charge is 0.375 e. The Labute approximate surface area is 209 Å². The molecule has 0 radical (unpaired) electrons. The minimum absolute atomic E-state index is 0.616. The quantitative estimate of drug-likeness (QED) is 0.286. The Morgan fingerprint density at radius 3 is 2.06 bits per heavy atom. The van der Waals surface area contributed by atoms with Crippen molar-refractivity contribution in [2.45, 2.75) is 68.7 Å². The van der Waals surface area contributed by atoms with Crippen LogP contribution in [0.5, 0.6) is 0 Å². The molecule has 7 unspecified atom stereocenters. The van der Waals surface area contributed by atoms with Crippen molar-refractivity contribution in [2.24, 2.45) is 23.7 Å². The number of hydrogen-bond acceptors (Lipinski definition) is 1. The molecule has 2 fully saturated rings. The third-order valence-electron chi connectivity index (χ3n) is 10.5. The van der Waals surface area contributed by atoms with Crippen molar-refractivity contribution >= 4 is 24.0 Å². The summed E-state index contributed by atoms with van der Waals surface area (Å²) >= 11 is 4.31. The van der Waals surface area contributed by atoms with E-state index in [4.69, 9.17) is 0 Å². The molecule has 1 aliphatic heterocycles. The second-order valence-electron chi connectivity index (χ2n) is 12.1. The average Bonchev–Trinajstić information content (AvgIpc) is 3.39.